The predicted octanol–water partition coefficient (Wildman–Crippen LogP) is 4.27. The Bertz CT molecular complexity index is 1080. The van der Waals surface area contributed by atoms with Crippen molar-refractivity contribution in [2.45, 2.75) is 12.1 Å². The van der Waals surface area contributed by atoms with Gasteiger partial charge in [0.05, 0.1) is 5.75 Å². The Hall–Kier alpha value is -3.06. The molecule has 0 saturated heterocycles. The first kappa shape index (κ1) is 17.4. The third-order valence-electron chi connectivity index (χ3n) is 4.12. The molecule has 0 fully saturated rings. The lowest BCUT2D eigenvalue weighted by Crippen LogP contribution is -2.14. The van der Waals surface area contributed by atoms with Gasteiger partial charge < -0.3 is 14.3 Å². The molecule has 0 aliphatic rings. The summed E-state index contributed by atoms with van der Waals surface area (Å²) in [4.78, 5) is 12.2. The summed E-state index contributed by atoms with van der Waals surface area (Å²) in [6, 6.07) is 17.5. The van der Waals surface area contributed by atoms with Crippen molar-refractivity contribution in [2.24, 2.45) is 7.05 Å². The van der Waals surface area contributed by atoms with Crippen LogP contribution < -0.4 is 5.32 Å². The van der Waals surface area contributed by atoms with Gasteiger partial charge in [0.25, 0.3) is 0 Å². The number of aromatic nitrogens is 3. The number of carbonyl (C=O) groups excluding carboxylic acids is 1. The molecular weight excluding hydrogens is 360 g/mol. The third kappa shape index (κ3) is 3.73. The Morgan fingerprint density at radius 2 is 2.00 bits per heavy atom. The maximum absolute atomic E-state index is 12.2. The Morgan fingerprint density at radius 3 is 2.81 bits per heavy atom. The lowest BCUT2D eigenvalue weighted by molar-refractivity contribution is -0.113. The molecule has 0 radical (unpaired) electrons. The van der Waals surface area contributed by atoms with Crippen LogP contribution in [0.5, 0.6) is 0 Å². The van der Waals surface area contributed by atoms with Gasteiger partial charge in [0, 0.05) is 18.1 Å². The Kier molecular flexibility index (Phi) is 4.68. The minimum Gasteiger partial charge on any atom is -0.453 e. The zero-order valence-electron chi connectivity index (χ0n) is 15.0. The zero-order valence-corrected chi connectivity index (χ0v) is 15.8. The monoisotopic (exact) mass is 378 g/mol. The van der Waals surface area contributed by atoms with Crippen molar-refractivity contribution < 1.29 is 9.21 Å². The van der Waals surface area contributed by atoms with Crippen molar-refractivity contribution >= 4 is 34.3 Å². The van der Waals surface area contributed by atoms with Crippen LogP contribution in [-0.2, 0) is 11.8 Å². The molecule has 4 aromatic rings. The number of anilines is 1. The summed E-state index contributed by atoms with van der Waals surface area (Å²) in [5.74, 6) is 1.45. The van der Waals surface area contributed by atoms with E-state index in [0.717, 1.165) is 22.2 Å². The van der Waals surface area contributed by atoms with E-state index >= 15 is 0 Å². The number of aryl methyl sites for hydroxylation is 1. The molecular formula is C20H18N4O2S. The average molecular weight is 378 g/mol. The van der Waals surface area contributed by atoms with E-state index in [2.05, 4.69) is 15.5 Å². The molecule has 0 aliphatic heterocycles. The summed E-state index contributed by atoms with van der Waals surface area (Å²) in [6.07, 6.45) is 0. The molecule has 136 valence electrons. The van der Waals surface area contributed by atoms with Crippen LogP contribution in [-0.4, -0.2) is 26.4 Å². The van der Waals surface area contributed by atoms with Gasteiger partial charge in [0.2, 0.25) is 5.91 Å². The molecule has 27 heavy (non-hydrogen) atoms. The summed E-state index contributed by atoms with van der Waals surface area (Å²) in [7, 11) is 1.86. The largest absolute Gasteiger partial charge is 0.453 e. The number of amides is 1. The van der Waals surface area contributed by atoms with E-state index in [9.17, 15) is 4.79 Å². The summed E-state index contributed by atoms with van der Waals surface area (Å²) in [5.41, 5.74) is 2.70. The van der Waals surface area contributed by atoms with E-state index in [1.165, 1.54) is 11.8 Å². The van der Waals surface area contributed by atoms with E-state index in [-0.39, 0.29) is 11.7 Å². The molecule has 7 heteroatoms. The molecule has 0 spiro atoms. The lowest BCUT2D eigenvalue weighted by atomic mass is 10.2. The summed E-state index contributed by atoms with van der Waals surface area (Å²) < 4.78 is 7.69. The van der Waals surface area contributed by atoms with Gasteiger partial charge >= 0.3 is 0 Å². The Morgan fingerprint density at radius 1 is 1.15 bits per heavy atom. The van der Waals surface area contributed by atoms with Crippen LogP contribution >= 0.6 is 11.8 Å². The lowest BCUT2D eigenvalue weighted by Gasteiger charge is -2.06. The molecule has 0 atom stereocenters. The van der Waals surface area contributed by atoms with E-state index < -0.39 is 0 Å². The van der Waals surface area contributed by atoms with Crippen LogP contribution in [0.3, 0.4) is 0 Å². The number of hydrogen-bond acceptors (Lipinski definition) is 5. The first-order valence-electron chi connectivity index (χ1n) is 8.48. The summed E-state index contributed by atoms with van der Waals surface area (Å²) in [5, 5.41) is 13.0. The minimum atomic E-state index is -0.0844. The van der Waals surface area contributed by atoms with Crippen molar-refractivity contribution in [1.29, 1.82) is 0 Å². The SMILES string of the molecule is Cc1cccc(NC(=O)CSc2nnc(-c3cc4ccccc4o3)n2C)c1. The standard InChI is InChI=1S/C20H18N4O2S/c1-13-6-5-8-15(10-13)21-18(25)12-27-20-23-22-19(24(20)2)17-11-14-7-3-4-9-16(14)26-17/h3-11H,12H2,1-2H3,(H,21,25). The Balaban J connectivity index is 1.45. The van der Waals surface area contributed by atoms with Crippen LogP contribution in [0.2, 0.25) is 0 Å². The van der Waals surface area contributed by atoms with Gasteiger partial charge in [-0.2, -0.15) is 0 Å². The molecule has 0 saturated carbocycles. The molecule has 0 bridgehead atoms. The van der Waals surface area contributed by atoms with Gasteiger partial charge in [-0.25, -0.2) is 0 Å². The van der Waals surface area contributed by atoms with Crippen LogP contribution in [0.4, 0.5) is 5.69 Å². The number of benzene rings is 2. The molecule has 2 heterocycles. The topological polar surface area (TPSA) is 73.0 Å². The molecule has 0 unspecified atom stereocenters. The van der Waals surface area contributed by atoms with Crippen LogP contribution in [0.1, 0.15) is 5.56 Å². The van der Waals surface area contributed by atoms with Gasteiger partial charge in [-0.3, -0.25) is 4.79 Å². The Labute approximate surface area is 160 Å². The summed E-state index contributed by atoms with van der Waals surface area (Å²) >= 11 is 1.34. The average Bonchev–Trinajstić information content (AvgIpc) is 3.23. The van der Waals surface area contributed by atoms with Gasteiger partial charge in [-0.05, 0) is 36.8 Å². The maximum Gasteiger partial charge on any atom is 0.234 e. The zero-order chi connectivity index (χ0) is 18.8. The highest BCUT2D eigenvalue weighted by Gasteiger charge is 2.16. The van der Waals surface area contributed by atoms with Crippen molar-refractivity contribution in [3.63, 3.8) is 0 Å². The van der Waals surface area contributed by atoms with Crippen LogP contribution in [0.25, 0.3) is 22.6 Å². The van der Waals surface area contributed by atoms with E-state index in [4.69, 9.17) is 4.42 Å². The van der Waals surface area contributed by atoms with Crippen molar-refractivity contribution in [3.05, 3.63) is 60.2 Å². The van der Waals surface area contributed by atoms with Crippen LogP contribution in [0.15, 0.2) is 64.2 Å². The van der Waals surface area contributed by atoms with E-state index in [0.29, 0.717) is 16.7 Å². The first-order valence-corrected chi connectivity index (χ1v) is 9.46. The minimum absolute atomic E-state index is 0.0844. The van der Waals surface area contributed by atoms with Crippen molar-refractivity contribution in [1.82, 2.24) is 14.8 Å². The number of thioether (sulfide) groups is 1. The van der Waals surface area contributed by atoms with Crippen molar-refractivity contribution in [3.8, 4) is 11.6 Å². The smallest absolute Gasteiger partial charge is 0.234 e. The van der Waals surface area contributed by atoms with Crippen molar-refractivity contribution in [2.75, 3.05) is 11.1 Å². The number of furan rings is 1. The van der Waals surface area contributed by atoms with Gasteiger partial charge in [-0.1, -0.05) is 42.1 Å². The van der Waals surface area contributed by atoms with Crippen LogP contribution in [0, 0.1) is 6.92 Å². The number of nitrogens with zero attached hydrogens (tertiary/aromatic N) is 3. The highest BCUT2D eigenvalue weighted by atomic mass is 32.2. The van der Waals surface area contributed by atoms with Gasteiger partial charge in [0.1, 0.15) is 5.58 Å². The molecule has 1 amide bonds. The van der Waals surface area contributed by atoms with E-state index in [1.54, 1.807) is 0 Å². The second-order valence-electron chi connectivity index (χ2n) is 6.22. The molecule has 2 aromatic carbocycles. The second-order valence-corrected chi connectivity index (χ2v) is 7.16. The number of hydrogen-bond donors (Lipinski definition) is 1. The number of carbonyl (C=O) groups is 1. The molecule has 0 aliphatic carbocycles. The second kappa shape index (κ2) is 7.28. The first-order chi connectivity index (χ1) is 13.1. The maximum atomic E-state index is 12.2. The van der Waals surface area contributed by atoms with E-state index in [1.807, 2.05) is 73.1 Å². The number of fused-ring (bicyclic) bond motifs is 1. The fraction of sp³-hybridized carbons (Fsp3) is 0.150. The molecule has 6 nitrogen and oxygen atoms in total. The third-order valence-corrected chi connectivity index (χ3v) is 5.14. The molecule has 1 N–H and O–H groups in total. The number of para-hydroxylation sites is 1. The predicted molar refractivity (Wildman–Crippen MR) is 107 cm³/mol. The molecule has 2 aromatic heterocycles. The fourth-order valence-electron chi connectivity index (χ4n) is 2.80. The number of rotatable bonds is 5. The highest BCUT2D eigenvalue weighted by molar-refractivity contribution is 7.99. The molecule has 4 rings (SSSR count). The number of nitrogens with one attached hydrogen (secondary N) is 1. The summed E-state index contributed by atoms with van der Waals surface area (Å²) in [6.45, 7) is 1.99. The normalized spacial score (nSPS) is 11.0. The van der Waals surface area contributed by atoms with Gasteiger partial charge in [-0.15, -0.1) is 10.2 Å². The quantitative estimate of drug-likeness (QED) is 0.525. The van der Waals surface area contributed by atoms with Gasteiger partial charge in [0.15, 0.2) is 16.7 Å². The fourth-order valence-corrected chi connectivity index (χ4v) is 3.51. The highest BCUT2D eigenvalue weighted by Crippen LogP contribution is 2.28.